The van der Waals surface area contributed by atoms with Crippen LogP contribution in [0, 0.1) is 0 Å². The first-order chi connectivity index (χ1) is 8.24. The van der Waals surface area contributed by atoms with Gasteiger partial charge < -0.3 is 15.1 Å². The minimum absolute atomic E-state index is 0.512. The van der Waals surface area contributed by atoms with Gasteiger partial charge >= 0.3 is 0 Å². The van der Waals surface area contributed by atoms with Crippen LogP contribution in [0.25, 0.3) is 0 Å². The van der Waals surface area contributed by atoms with Gasteiger partial charge in [0.25, 0.3) is 0 Å². The van der Waals surface area contributed by atoms with Gasteiger partial charge in [-0.15, -0.1) is 0 Å². The van der Waals surface area contributed by atoms with Crippen LogP contribution in [0.5, 0.6) is 0 Å². The smallest absolute Gasteiger partial charge is 0.145 e. The molecule has 0 aliphatic heterocycles. The molecule has 17 heavy (non-hydrogen) atoms. The van der Waals surface area contributed by atoms with E-state index in [0.29, 0.717) is 18.3 Å². The molecule has 0 amide bonds. The van der Waals surface area contributed by atoms with Gasteiger partial charge in [0.05, 0.1) is 6.61 Å². The van der Waals surface area contributed by atoms with Crippen LogP contribution in [-0.4, -0.2) is 37.3 Å². The zero-order valence-electron chi connectivity index (χ0n) is 10.3. The first-order valence-corrected chi connectivity index (χ1v) is 5.80. The van der Waals surface area contributed by atoms with Gasteiger partial charge in [-0.25, -0.2) is 15.8 Å². The third kappa shape index (κ3) is 3.04. The second-order valence-corrected chi connectivity index (χ2v) is 4.30. The van der Waals surface area contributed by atoms with Crippen molar-refractivity contribution in [2.24, 2.45) is 5.84 Å². The van der Waals surface area contributed by atoms with E-state index < -0.39 is 0 Å². The van der Waals surface area contributed by atoms with Crippen molar-refractivity contribution in [3.63, 3.8) is 0 Å². The average Bonchev–Trinajstić information content (AvgIpc) is 3.19. The lowest BCUT2D eigenvalue weighted by atomic mass is 10.3. The Balaban J connectivity index is 2.16. The van der Waals surface area contributed by atoms with Crippen LogP contribution in [0.4, 0.5) is 11.6 Å². The third-order valence-electron chi connectivity index (χ3n) is 2.84. The lowest BCUT2D eigenvalue weighted by Gasteiger charge is -2.18. The first-order valence-electron chi connectivity index (χ1n) is 5.80. The number of nitrogens with one attached hydrogen (secondary N) is 1. The Morgan fingerprint density at radius 1 is 1.53 bits per heavy atom. The van der Waals surface area contributed by atoms with Crippen molar-refractivity contribution in [3.05, 3.63) is 11.9 Å². The Labute approximate surface area is 101 Å². The number of hydrogen-bond donors (Lipinski definition) is 2. The molecule has 3 N–H and O–H groups in total. The molecule has 1 saturated carbocycles. The normalized spacial score (nSPS) is 14.8. The highest BCUT2D eigenvalue weighted by molar-refractivity contribution is 5.49. The fourth-order valence-corrected chi connectivity index (χ4v) is 1.59. The Hall–Kier alpha value is -1.40. The zero-order valence-corrected chi connectivity index (χ0v) is 10.3. The minimum Gasteiger partial charge on any atom is -0.383 e. The monoisotopic (exact) mass is 237 g/mol. The van der Waals surface area contributed by atoms with Gasteiger partial charge in [-0.2, -0.15) is 0 Å². The molecule has 0 bridgehead atoms. The number of likely N-dealkylation sites (N-methyl/N-ethyl adjacent to an activating group) is 1. The molecule has 0 unspecified atom stereocenters. The summed E-state index contributed by atoms with van der Waals surface area (Å²) in [6.07, 6.45) is 2.35. The second-order valence-electron chi connectivity index (χ2n) is 4.30. The van der Waals surface area contributed by atoms with E-state index >= 15 is 0 Å². The van der Waals surface area contributed by atoms with Gasteiger partial charge in [0.15, 0.2) is 0 Å². The van der Waals surface area contributed by atoms with E-state index in [2.05, 4.69) is 15.4 Å². The number of methoxy groups -OCH3 is 1. The molecule has 1 aromatic rings. The summed E-state index contributed by atoms with van der Waals surface area (Å²) in [5.41, 5.74) is 2.59. The molecule has 6 heteroatoms. The number of nitrogens with two attached hydrogens (primary N) is 1. The summed E-state index contributed by atoms with van der Waals surface area (Å²) in [5, 5.41) is 0. The number of aromatic nitrogens is 2. The molecule has 1 fully saturated rings. The number of nitrogen functional groups attached to an aromatic ring is 1. The maximum absolute atomic E-state index is 5.42. The molecule has 0 saturated heterocycles. The van der Waals surface area contributed by atoms with E-state index in [1.807, 2.05) is 18.0 Å². The Morgan fingerprint density at radius 2 is 2.29 bits per heavy atom. The van der Waals surface area contributed by atoms with Gasteiger partial charge in [-0.3, -0.25) is 0 Å². The zero-order chi connectivity index (χ0) is 12.3. The summed E-state index contributed by atoms with van der Waals surface area (Å²) in [6.45, 7) is 1.46. The molecular formula is C11H19N5O. The largest absolute Gasteiger partial charge is 0.383 e. The predicted octanol–water partition coefficient (Wildman–Crippen LogP) is 0.722. The van der Waals surface area contributed by atoms with Gasteiger partial charge in [-0.1, -0.05) is 0 Å². The third-order valence-corrected chi connectivity index (χ3v) is 2.84. The van der Waals surface area contributed by atoms with Crippen LogP contribution in [0.15, 0.2) is 6.07 Å². The summed E-state index contributed by atoms with van der Waals surface area (Å²) in [7, 11) is 3.68. The van der Waals surface area contributed by atoms with E-state index in [1.54, 1.807) is 7.11 Å². The highest BCUT2D eigenvalue weighted by Gasteiger charge is 2.27. The van der Waals surface area contributed by atoms with Crippen LogP contribution in [0.3, 0.4) is 0 Å². The van der Waals surface area contributed by atoms with E-state index in [1.165, 1.54) is 12.8 Å². The van der Waals surface area contributed by atoms with Crippen molar-refractivity contribution < 1.29 is 4.74 Å². The Kier molecular flexibility index (Phi) is 3.75. The number of hydrazine groups is 1. The fraction of sp³-hybridized carbons (Fsp3) is 0.636. The molecule has 1 aliphatic rings. The standard InChI is InChI=1S/C11H19N5O/c1-16(5-6-17-2)10-7-9(15-12)13-11(14-10)8-3-4-8/h7-8H,3-6,12H2,1-2H3,(H,13,14,15). The van der Waals surface area contributed by atoms with Crippen molar-refractivity contribution in [2.75, 3.05) is 37.6 Å². The SMILES string of the molecule is COCCN(C)c1cc(NN)nc(C2CC2)n1. The molecule has 94 valence electrons. The van der Waals surface area contributed by atoms with Gasteiger partial charge in [-0.05, 0) is 12.8 Å². The van der Waals surface area contributed by atoms with Crippen LogP contribution < -0.4 is 16.2 Å². The summed E-state index contributed by atoms with van der Waals surface area (Å²) < 4.78 is 5.06. The van der Waals surface area contributed by atoms with Crippen molar-refractivity contribution in [3.8, 4) is 0 Å². The summed E-state index contributed by atoms with van der Waals surface area (Å²) in [5.74, 6) is 8.37. The molecule has 1 aliphatic carbocycles. The van der Waals surface area contributed by atoms with Crippen LogP contribution >= 0.6 is 0 Å². The molecule has 6 nitrogen and oxygen atoms in total. The van der Waals surface area contributed by atoms with Gasteiger partial charge in [0, 0.05) is 32.7 Å². The van der Waals surface area contributed by atoms with E-state index in [4.69, 9.17) is 10.6 Å². The summed E-state index contributed by atoms with van der Waals surface area (Å²) >= 11 is 0. The van der Waals surface area contributed by atoms with Crippen LogP contribution in [0.1, 0.15) is 24.6 Å². The van der Waals surface area contributed by atoms with E-state index in [-0.39, 0.29) is 0 Å². The molecule has 0 aromatic carbocycles. The Bertz CT molecular complexity index is 380. The maximum Gasteiger partial charge on any atom is 0.145 e. The predicted molar refractivity (Wildman–Crippen MR) is 67.0 cm³/mol. The van der Waals surface area contributed by atoms with Crippen molar-refractivity contribution >= 4 is 11.6 Å². The van der Waals surface area contributed by atoms with E-state index in [9.17, 15) is 0 Å². The number of anilines is 2. The molecule has 0 spiro atoms. The molecule has 0 atom stereocenters. The highest BCUT2D eigenvalue weighted by atomic mass is 16.5. The number of nitrogens with zero attached hydrogens (tertiary/aromatic N) is 3. The lowest BCUT2D eigenvalue weighted by Crippen LogP contribution is -2.24. The molecule has 2 rings (SSSR count). The molecule has 1 aromatic heterocycles. The lowest BCUT2D eigenvalue weighted by molar-refractivity contribution is 0.206. The van der Waals surface area contributed by atoms with Gasteiger partial charge in [0.1, 0.15) is 17.5 Å². The first kappa shape index (κ1) is 12.1. The molecular weight excluding hydrogens is 218 g/mol. The van der Waals surface area contributed by atoms with Crippen LogP contribution in [0.2, 0.25) is 0 Å². The topological polar surface area (TPSA) is 76.3 Å². The average molecular weight is 237 g/mol. The number of hydrogen-bond acceptors (Lipinski definition) is 6. The molecule has 1 heterocycles. The van der Waals surface area contributed by atoms with Gasteiger partial charge in [0.2, 0.25) is 0 Å². The van der Waals surface area contributed by atoms with Crippen molar-refractivity contribution in [2.45, 2.75) is 18.8 Å². The number of ether oxygens (including phenoxy) is 1. The summed E-state index contributed by atoms with van der Waals surface area (Å²) in [4.78, 5) is 11.0. The van der Waals surface area contributed by atoms with E-state index in [0.717, 1.165) is 18.2 Å². The Morgan fingerprint density at radius 3 is 2.88 bits per heavy atom. The highest BCUT2D eigenvalue weighted by Crippen LogP contribution is 2.38. The van der Waals surface area contributed by atoms with Crippen molar-refractivity contribution in [1.29, 1.82) is 0 Å². The fourth-order valence-electron chi connectivity index (χ4n) is 1.59. The summed E-state index contributed by atoms with van der Waals surface area (Å²) in [6, 6.07) is 1.85. The number of rotatable bonds is 6. The quantitative estimate of drug-likeness (QED) is 0.561. The minimum atomic E-state index is 0.512. The van der Waals surface area contributed by atoms with Crippen molar-refractivity contribution in [1.82, 2.24) is 9.97 Å². The second kappa shape index (κ2) is 5.29. The molecule has 0 radical (unpaired) electrons. The van der Waals surface area contributed by atoms with Crippen LogP contribution in [-0.2, 0) is 4.74 Å². The maximum atomic E-state index is 5.42.